The summed E-state index contributed by atoms with van der Waals surface area (Å²) in [5.74, 6) is 0.638. The molecule has 1 aromatic heterocycles. The average molecular weight is 296 g/mol. The topological polar surface area (TPSA) is 43.1 Å². The lowest BCUT2D eigenvalue weighted by Gasteiger charge is -2.08. The minimum Gasteiger partial charge on any atom is -0.330 e. The first-order chi connectivity index (χ1) is 6.65. The van der Waals surface area contributed by atoms with Gasteiger partial charge in [0.25, 0.3) is 0 Å². The molecular formula is C9H14BrNOS2. The third kappa shape index (κ3) is 3.46. The Bertz CT molecular complexity index is 314. The standard InChI is InChI=1S/C9H14BrNOS2/c1-7(2-4-11)14(12)6-9-8(10)3-5-13-9/h3,5,7H,2,4,6,11H2,1H3. The normalized spacial score (nSPS) is 15.4. The Morgan fingerprint density at radius 2 is 2.43 bits per heavy atom. The van der Waals surface area contributed by atoms with Gasteiger partial charge in [0.15, 0.2) is 0 Å². The second kappa shape index (κ2) is 6.00. The molecule has 1 rings (SSSR count). The Labute approximate surface area is 99.5 Å². The van der Waals surface area contributed by atoms with Crippen molar-refractivity contribution in [2.24, 2.45) is 5.73 Å². The smallest absolute Gasteiger partial charge is 0.0593 e. The molecule has 80 valence electrons. The summed E-state index contributed by atoms with van der Waals surface area (Å²) >= 11 is 5.08. The molecule has 2 unspecified atom stereocenters. The molecule has 2 N–H and O–H groups in total. The predicted molar refractivity (Wildman–Crippen MR) is 67.0 cm³/mol. The van der Waals surface area contributed by atoms with Crippen molar-refractivity contribution in [3.8, 4) is 0 Å². The summed E-state index contributed by atoms with van der Waals surface area (Å²) < 4.78 is 12.9. The van der Waals surface area contributed by atoms with E-state index >= 15 is 0 Å². The van der Waals surface area contributed by atoms with E-state index in [0.717, 1.165) is 15.8 Å². The third-order valence-corrected chi connectivity index (χ3v) is 5.80. The van der Waals surface area contributed by atoms with Gasteiger partial charge in [0.05, 0.1) is 5.75 Å². The average Bonchev–Trinajstić information content (AvgIpc) is 2.52. The van der Waals surface area contributed by atoms with Crippen LogP contribution in [0.2, 0.25) is 0 Å². The maximum atomic E-state index is 11.8. The molecular weight excluding hydrogens is 282 g/mol. The quantitative estimate of drug-likeness (QED) is 0.907. The van der Waals surface area contributed by atoms with Crippen LogP contribution in [-0.2, 0) is 16.6 Å². The monoisotopic (exact) mass is 295 g/mol. The Morgan fingerprint density at radius 3 is 2.93 bits per heavy atom. The number of halogens is 1. The van der Waals surface area contributed by atoms with Crippen LogP contribution in [0.25, 0.3) is 0 Å². The highest BCUT2D eigenvalue weighted by molar-refractivity contribution is 9.10. The van der Waals surface area contributed by atoms with Gasteiger partial charge in [-0.3, -0.25) is 4.21 Å². The summed E-state index contributed by atoms with van der Waals surface area (Å²) in [4.78, 5) is 1.16. The molecule has 0 aliphatic carbocycles. The van der Waals surface area contributed by atoms with E-state index in [0.29, 0.717) is 12.3 Å². The zero-order valence-corrected chi connectivity index (χ0v) is 11.3. The van der Waals surface area contributed by atoms with Crippen molar-refractivity contribution in [2.75, 3.05) is 6.54 Å². The van der Waals surface area contributed by atoms with Gasteiger partial charge >= 0.3 is 0 Å². The molecule has 1 aromatic rings. The van der Waals surface area contributed by atoms with Gasteiger partial charge in [-0.25, -0.2) is 0 Å². The summed E-state index contributed by atoms with van der Waals surface area (Å²) in [5.41, 5.74) is 5.43. The van der Waals surface area contributed by atoms with E-state index in [4.69, 9.17) is 5.73 Å². The van der Waals surface area contributed by atoms with Gasteiger partial charge in [0.2, 0.25) is 0 Å². The maximum Gasteiger partial charge on any atom is 0.0593 e. The van der Waals surface area contributed by atoms with Gasteiger partial charge in [-0.15, -0.1) is 11.3 Å². The lowest BCUT2D eigenvalue weighted by atomic mass is 10.3. The van der Waals surface area contributed by atoms with Crippen molar-refractivity contribution in [1.29, 1.82) is 0 Å². The molecule has 5 heteroatoms. The van der Waals surface area contributed by atoms with Crippen LogP contribution in [0, 0.1) is 0 Å². The largest absolute Gasteiger partial charge is 0.330 e. The van der Waals surface area contributed by atoms with Crippen LogP contribution in [0.5, 0.6) is 0 Å². The van der Waals surface area contributed by atoms with Gasteiger partial charge in [-0.2, -0.15) is 0 Å². The molecule has 0 saturated heterocycles. The zero-order valence-electron chi connectivity index (χ0n) is 8.03. The van der Waals surface area contributed by atoms with E-state index in [1.165, 1.54) is 0 Å². The minimum atomic E-state index is -0.804. The molecule has 0 aliphatic rings. The molecule has 14 heavy (non-hydrogen) atoms. The van der Waals surface area contributed by atoms with Crippen molar-refractivity contribution in [2.45, 2.75) is 24.3 Å². The van der Waals surface area contributed by atoms with E-state index in [9.17, 15) is 4.21 Å². The van der Waals surface area contributed by atoms with E-state index < -0.39 is 10.8 Å². The van der Waals surface area contributed by atoms with Crippen LogP contribution < -0.4 is 5.73 Å². The van der Waals surface area contributed by atoms with Crippen molar-refractivity contribution in [3.05, 3.63) is 20.8 Å². The first-order valence-electron chi connectivity index (χ1n) is 4.44. The maximum absolute atomic E-state index is 11.8. The fraction of sp³-hybridized carbons (Fsp3) is 0.556. The van der Waals surface area contributed by atoms with Crippen LogP contribution in [0.1, 0.15) is 18.2 Å². The summed E-state index contributed by atoms with van der Waals surface area (Å²) in [6.07, 6.45) is 0.829. The van der Waals surface area contributed by atoms with Crippen LogP contribution in [0.15, 0.2) is 15.9 Å². The van der Waals surface area contributed by atoms with E-state index in [2.05, 4.69) is 15.9 Å². The Morgan fingerprint density at radius 1 is 1.71 bits per heavy atom. The van der Waals surface area contributed by atoms with Gasteiger partial charge in [0, 0.05) is 25.4 Å². The molecule has 0 fully saturated rings. The van der Waals surface area contributed by atoms with Crippen molar-refractivity contribution in [3.63, 3.8) is 0 Å². The molecule has 0 radical (unpaired) electrons. The molecule has 2 atom stereocenters. The fourth-order valence-electron chi connectivity index (χ4n) is 1.07. The van der Waals surface area contributed by atoms with Crippen LogP contribution >= 0.6 is 27.3 Å². The minimum absolute atomic E-state index is 0.189. The summed E-state index contributed by atoms with van der Waals surface area (Å²) in [7, 11) is -0.804. The third-order valence-electron chi connectivity index (χ3n) is 1.99. The molecule has 0 saturated carbocycles. The van der Waals surface area contributed by atoms with Gasteiger partial charge in [-0.1, -0.05) is 6.92 Å². The lowest BCUT2D eigenvalue weighted by Crippen LogP contribution is -2.17. The van der Waals surface area contributed by atoms with Crippen molar-refractivity contribution in [1.82, 2.24) is 0 Å². The Balaban J connectivity index is 2.53. The number of nitrogens with two attached hydrogens (primary N) is 1. The second-order valence-corrected chi connectivity index (χ2v) is 6.81. The number of thiophene rings is 1. The van der Waals surface area contributed by atoms with Crippen LogP contribution in [-0.4, -0.2) is 16.0 Å². The van der Waals surface area contributed by atoms with Gasteiger partial charge in [0.1, 0.15) is 0 Å². The van der Waals surface area contributed by atoms with E-state index in [1.54, 1.807) is 11.3 Å². The second-order valence-electron chi connectivity index (χ2n) is 3.10. The molecule has 0 amide bonds. The summed E-state index contributed by atoms with van der Waals surface area (Å²) in [6, 6.07) is 1.99. The summed E-state index contributed by atoms with van der Waals surface area (Å²) in [5, 5.41) is 2.19. The lowest BCUT2D eigenvalue weighted by molar-refractivity contribution is 0.666. The van der Waals surface area contributed by atoms with Gasteiger partial charge < -0.3 is 5.73 Å². The molecule has 2 nitrogen and oxygen atoms in total. The number of hydrogen-bond acceptors (Lipinski definition) is 3. The summed E-state index contributed by atoms with van der Waals surface area (Å²) in [6.45, 7) is 2.60. The Kier molecular flexibility index (Phi) is 5.30. The number of rotatable bonds is 5. The van der Waals surface area contributed by atoms with Crippen molar-refractivity contribution < 1.29 is 4.21 Å². The molecule has 0 spiro atoms. The first kappa shape index (κ1) is 12.4. The zero-order chi connectivity index (χ0) is 10.6. The van der Waals surface area contributed by atoms with E-state index in [-0.39, 0.29) is 5.25 Å². The van der Waals surface area contributed by atoms with Crippen molar-refractivity contribution >= 4 is 38.1 Å². The van der Waals surface area contributed by atoms with E-state index in [1.807, 2.05) is 18.4 Å². The highest BCUT2D eigenvalue weighted by Gasteiger charge is 2.12. The highest BCUT2D eigenvalue weighted by Crippen LogP contribution is 2.24. The van der Waals surface area contributed by atoms with Gasteiger partial charge in [-0.05, 0) is 40.3 Å². The molecule has 0 aromatic carbocycles. The molecule has 0 aliphatic heterocycles. The van der Waals surface area contributed by atoms with Crippen LogP contribution in [0.4, 0.5) is 0 Å². The first-order valence-corrected chi connectivity index (χ1v) is 7.49. The van der Waals surface area contributed by atoms with Crippen LogP contribution in [0.3, 0.4) is 0 Å². The Hall–Kier alpha value is 0.290. The molecule has 0 bridgehead atoms. The number of hydrogen-bond donors (Lipinski definition) is 1. The molecule has 1 heterocycles. The predicted octanol–water partition coefficient (Wildman–Crippen LogP) is 2.50. The SMILES string of the molecule is CC(CCN)S(=O)Cc1sccc1Br. The highest BCUT2D eigenvalue weighted by atomic mass is 79.9. The fourth-order valence-corrected chi connectivity index (χ4v) is 4.25.